The number of aromatic nitrogens is 1. The first-order chi connectivity index (χ1) is 13.2. The summed E-state index contributed by atoms with van der Waals surface area (Å²) in [7, 11) is 0. The molecule has 2 aromatic carbocycles. The van der Waals surface area contributed by atoms with Gasteiger partial charge in [-0.05, 0) is 42.7 Å². The number of halogens is 1. The van der Waals surface area contributed by atoms with Gasteiger partial charge in [0.2, 0.25) is 5.91 Å². The maximum absolute atomic E-state index is 13.4. The smallest absolute Gasteiger partial charge is 0.233 e. The number of amides is 1. The van der Waals surface area contributed by atoms with Crippen LogP contribution in [0.15, 0.2) is 54.7 Å². The van der Waals surface area contributed by atoms with Crippen molar-refractivity contribution in [2.45, 2.75) is 18.3 Å². The lowest BCUT2D eigenvalue weighted by Crippen LogP contribution is -2.51. The lowest BCUT2D eigenvalue weighted by molar-refractivity contribution is -0.134. The first-order valence-electron chi connectivity index (χ1n) is 9.54. The van der Waals surface area contributed by atoms with Gasteiger partial charge < -0.3 is 14.8 Å². The molecule has 1 saturated heterocycles. The summed E-state index contributed by atoms with van der Waals surface area (Å²) in [6.45, 7) is 3.21. The molecule has 0 spiro atoms. The fourth-order valence-electron chi connectivity index (χ4n) is 4.33. The van der Waals surface area contributed by atoms with Crippen LogP contribution in [0.25, 0.3) is 10.9 Å². The predicted octanol–water partition coefficient (Wildman–Crippen LogP) is 4.20. The van der Waals surface area contributed by atoms with Crippen LogP contribution in [0, 0.1) is 0 Å². The van der Waals surface area contributed by atoms with Gasteiger partial charge in [-0.3, -0.25) is 4.79 Å². The van der Waals surface area contributed by atoms with Gasteiger partial charge in [0.25, 0.3) is 0 Å². The van der Waals surface area contributed by atoms with Gasteiger partial charge in [-0.15, -0.1) is 0 Å². The molecule has 1 aliphatic carbocycles. The van der Waals surface area contributed by atoms with Gasteiger partial charge in [0.05, 0.1) is 5.41 Å². The van der Waals surface area contributed by atoms with Crippen molar-refractivity contribution in [1.29, 1.82) is 0 Å². The quantitative estimate of drug-likeness (QED) is 0.740. The average Bonchev–Trinajstić information content (AvgIpc) is 3.40. The molecule has 0 unspecified atom stereocenters. The molecule has 0 atom stereocenters. The third kappa shape index (κ3) is 2.79. The van der Waals surface area contributed by atoms with E-state index in [1.807, 2.05) is 36.5 Å². The molecule has 0 bridgehead atoms. The van der Waals surface area contributed by atoms with Crippen LogP contribution in [0.4, 0.5) is 5.69 Å². The second-order valence-corrected chi connectivity index (χ2v) is 8.03. The third-order valence-electron chi connectivity index (χ3n) is 6.00. The first-order valence-corrected chi connectivity index (χ1v) is 9.92. The zero-order chi connectivity index (χ0) is 18.4. The van der Waals surface area contributed by atoms with E-state index < -0.39 is 0 Å². The van der Waals surface area contributed by atoms with Crippen molar-refractivity contribution in [3.05, 3.63) is 65.3 Å². The molecule has 1 aliphatic heterocycles. The summed E-state index contributed by atoms with van der Waals surface area (Å²) >= 11 is 6.12. The highest BCUT2D eigenvalue weighted by atomic mass is 35.5. The summed E-state index contributed by atoms with van der Waals surface area (Å²) in [5, 5.41) is 1.93. The SMILES string of the molecule is O=C(N1CCN(c2cccc(Cl)c2)CC1)C1(c2c[nH]c3ccccc23)CC1. The summed E-state index contributed by atoms with van der Waals surface area (Å²) in [5.74, 6) is 0.290. The standard InChI is InChI=1S/C22H22ClN3O/c23-16-4-3-5-17(14-16)25-10-12-26(13-11-25)21(27)22(8-9-22)19-15-24-20-7-2-1-6-18(19)20/h1-7,14-15,24H,8-13H2. The highest BCUT2D eigenvalue weighted by Gasteiger charge is 2.54. The number of carbonyl (C=O) groups excluding carboxylic acids is 1. The highest BCUT2D eigenvalue weighted by molar-refractivity contribution is 6.30. The van der Waals surface area contributed by atoms with Crippen LogP contribution >= 0.6 is 11.6 Å². The van der Waals surface area contributed by atoms with Gasteiger partial charge in [0.15, 0.2) is 0 Å². The van der Waals surface area contributed by atoms with Crippen LogP contribution in [0.2, 0.25) is 5.02 Å². The van der Waals surface area contributed by atoms with E-state index in [2.05, 4.69) is 33.0 Å². The number of benzene rings is 2. The van der Waals surface area contributed by atoms with Crippen molar-refractivity contribution < 1.29 is 4.79 Å². The topological polar surface area (TPSA) is 39.3 Å². The van der Waals surface area contributed by atoms with Gasteiger partial charge >= 0.3 is 0 Å². The number of hydrogen-bond donors (Lipinski definition) is 1. The van der Waals surface area contributed by atoms with Crippen LogP contribution in [0.1, 0.15) is 18.4 Å². The molecule has 1 saturated carbocycles. The van der Waals surface area contributed by atoms with Crippen LogP contribution in [0.3, 0.4) is 0 Å². The first kappa shape index (κ1) is 16.7. The van der Waals surface area contributed by atoms with E-state index in [1.54, 1.807) is 0 Å². The number of anilines is 1. The van der Waals surface area contributed by atoms with Crippen molar-refractivity contribution in [3.63, 3.8) is 0 Å². The Morgan fingerprint density at radius 3 is 2.52 bits per heavy atom. The van der Waals surface area contributed by atoms with E-state index >= 15 is 0 Å². The summed E-state index contributed by atoms with van der Waals surface area (Å²) in [5.41, 5.74) is 3.09. The lowest BCUT2D eigenvalue weighted by Gasteiger charge is -2.37. The maximum atomic E-state index is 13.4. The average molecular weight is 380 g/mol. The molecule has 2 fully saturated rings. The summed E-state index contributed by atoms with van der Waals surface area (Å²) in [4.78, 5) is 21.1. The number of rotatable bonds is 3. The van der Waals surface area contributed by atoms with Gasteiger partial charge in [-0.1, -0.05) is 35.9 Å². The van der Waals surface area contributed by atoms with E-state index in [1.165, 1.54) is 10.9 Å². The Morgan fingerprint density at radius 1 is 1.00 bits per heavy atom. The Labute approximate surface area is 163 Å². The summed E-state index contributed by atoms with van der Waals surface area (Å²) in [6.07, 6.45) is 3.93. The number of hydrogen-bond acceptors (Lipinski definition) is 2. The van der Waals surface area contributed by atoms with Crippen LogP contribution in [-0.2, 0) is 10.2 Å². The molecule has 5 heteroatoms. The normalized spacial score (nSPS) is 18.7. The Kier molecular flexibility index (Phi) is 3.90. The van der Waals surface area contributed by atoms with Gasteiger partial charge in [0.1, 0.15) is 0 Å². The maximum Gasteiger partial charge on any atom is 0.233 e. The molecular formula is C22H22ClN3O. The fourth-order valence-corrected chi connectivity index (χ4v) is 4.52. The molecule has 1 amide bonds. The summed E-state index contributed by atoms with van der Waals surface area (Å²) in [6, 6.07) is 16.2. The van der Waals surface area contributed by atoms with Crippen molar-refractivity contribution in [2.24, 2.45) is 0 Å². The minimum Gasteiger partial charge on any atom is -0.368 e. The van der Waals surface area contributed by atoms with Gasteiger partial charge in [-0.2, -0.15) is 0 Å². The van der Waals surface area contributed by atoms with Crippen molar-refractivity contribution in [3.8, 4) is 0 Å². The molecule has 1 N–H and O–H groups in total. The number of piperazine rings is 1. The third-order valence-corrected chi connectivity index (χ3v) is 6.24. The molecule has 5 rings (SSSR count). The van der Waals surface area contributed by atoms with E-state index in [9.17, 15) is 4.79 Å². The van der Waals surface area contributed by atoms with Crippen molar-refractivity contribution in [1.82, 2.24) is 9.88 Å². The van der Waals surface area contributed by atoms with Crippen molar-refractivity contribution in [2.75, 3.05) is 31.1 Å². The van der Waals surface area contributed by atoms with Crippen LogP contribution in [0.5, 0.6) is 0 Å². The van der Waals surface area contributed by atoms with E-state index in [0.717, 1.165) is 55.2 Å². The second kappa shape index (κ2) is 6.31. The monoisotopic (exact) mass is 379 g/mol. The number of nitrogens with one attached hydrogen (secondary N) is 1. The molecule has 0 radical (unpaired) electrons. The number of aromatic amines is 1. The minimum atomic E-state index is -0.322. The Morgan fingerprint density at radius 2 is 1.78 bits per heavy atom. The molecule has 2 heterocycles. The Hall–Kier alpha value is -2.46. The summed E-state index contributed by atoms with van der Waals surface area (Å²) < 4.78 is 0. The molecule has 1 aromatic heterocycles. The zero-order valence-corrected chi connectivity index (χ0v) is 15.9. The molecule has 138 valence electrons. The fraction of sp³-hybridized carbons (Fsp3) is 0.318. The molecular weight excluding hydrogens is 358 g/mol. The van der Waals surface area contributed by atoms with Gasteiger partial charge in [-0.25, -0.2) is 0 Å². The van der Waals surface area contributed by atoms with Crippen molar-refractivity contribution >= 4 is 34.1 Å². The zero-order valence-electron chi connectivity index (χ0n) is 15.1. The second-order valence-electron chi connectivity index (χ2n) is 7.59. The van der Waals surface area contributed by atoms with Gasteiger partial charge in [0, 0.05) is 54.0 Å². The predicted molar refractivity (Wildman–Crippen MR) is 109 cm³/mol. The lowest BCUT2D eigenvalue weighted by atomic mass is 9.93. The molecule has 3 aromatic rings. The van der Waals surface area contributed by atoms with E-state index in [4.69, 9.17) is 11.6 Å². The van der Waals surface area contributed by atoms with E-state index in [-0.39, 0.29) is 11.3 Å². The number of carbonyl (C=O) groups is 1. The van der Waals surface area contributed by atoms with Crippen LogP contribution < -0.4 is 4.90 Å². The molecule has 4 nitrogen and oxygen atoms in total. The van der Waals surface area contributed by atoms with Crippen LogP contribution in [-0.4, -0.2) is 42.0 Å². The largest absolute Gasteiger partial charge is 0.368 e. The minimum absolute atomic E-state index is 0.290. The molecule has 27 heavy (non-hydrogen) atoms. The number of nitrogens with zero attached hydrogens (tertiary/aromatic N) is 2. The molecule has 2 aliphatic rings. The number of fused-ring (bicyclic) bond motifs is 1. The van der Waals surface area contributed by atoms with E-state index in [0.29, 0.717) is 0 Å². The number of H-pyrrole nitrogens is 1. The highest BCUT2D eigenvalue weighted by Crippen LogP contribution is 2.51. The Balaban J connectivity index is 1.33. The Bertz CT molecular complexity index is 999. The number of para-hydroxylation sites is 1.